The lowest BCUT2D eigenvalue weighted by molar-refractivity contribution is -0.119. The van der Waals surface area contributed by atoms with Crippen LogP contribution in [0, 0.1) is 5.92 Å². The van der Waals surface area contributed by atoms with Gasteiger partial charge in [-0.3, -0.25) is 4.79 Å². The number of amides is 1. The summed E-state index contributed by atoms with van der Waals surface area (Å²) in [6.07, 6.45) is 0.814. The van der Waals surface area contributed by atoms with Gasteiger partial charge in [-0.25, -0.2) is 0 Å². The highest BCUT2D eigenvalue weighted by atomic mass is 16.5. The van der Waals surface area contributed by atoms with Gasteiger partial charge in [0.15, 0.2) is 0 Å². The lowest BCUT2D eigenvalue weighted by Crippen LogP contribution is -2.21. The van der Waals surface area contributed by atoms with Crippen LogP contribution in [-0.4, -0.2) is 25.7 Å². The molecule has 1 aliphatic rings. The zero-order valence-corrected chi connectivity index (χ0v) is 6.39. The number of carbonyl (C=O) groups is 1. The van der Waals surface area contributed by atoms with E-state index in [1.807, 2.05) is 6.92 Å². The molecule has 1 fully saturated rings. The van der Waals surface area contributed by atoms with Crippen LogP contribution in [0.4, 0.5) is 0 Å². The summed E-state index contributed by atoms with van der Waals surface area (Å²) in [6.45, 7) is 2.76. The molecular weight excluding hydrogens is 130 g/mol. The Morgan fingerprint density at radius 3 is 2.90 bits per heavy atom. The Morgan fingerprint density at radius 1 is 1.80 bits per heavy atom. The van der Waals surface area contributed by atoms with Crippen LogP contribution in [0.15, 0.2) is 0 Å². The van der Waals surface area contributed by atoms with Crippen LogP contribution in [0.25, 0.3) is 0 Å². The fourth-order valence-electron chi connectivity index (χ4n) is 1.15. The molecular formula is C7H13NO2. The summed E-state index contributed by atoms with van der Waals surface area (Å²) >= 11 is 0. The summed E-state index contributed by atoms with van der Waals surface area (Å²) in [5, 5.41) is 2.77. The van der Waals surface area contributed by atoms with Crippen LogP contribution < -0.4 is 5.32 Å². The van der Waals surface area contributed by atoms with E-state index in [0.717, 1.165) is 6.54 Å². The van der Waals surface area contributed by atoms with E-state index >= 15 is 0 Å². The van der Waals surface area contributed by atoms with Gasteiger partial charge in [-0.15, -0.1) is 0 Å². The predicted octanol–water partition coefficient (Wildman–Crippen LogP) is 0.157. The number of methoxy groups -OCH3 is 1. The van der Waals surface area contributed by atoms with E-state index in [1.165, 1.54) is 0 Å². The van der Waals surface area contributed by atoms with Crippen LogP contribution in [0.3, 0.4) is 0 Å². The maximum absolute atomic E-state index is 10.7. The number of rotatable bonds is 2. The van der Waals surface area contributed by atoms with Crippen LogP contribution in [0.2, 0.25) is 0 Å². The predicted molar refractivity (Wildman–Crippen MR) is 37.6 cm³/mol. The average Bonchev–Trinajstić information content (AvgIpc) is 2.34. The normalized spacial score (nSPS) is 28.2. The Hall–Kier alpha value is -0.570. The molecule has 3 heteroatoms. The van der Waals surface area contributed by atoms with E-state index in [4.69, 9.17) is 4.74 Å². The molecule has 1 amide bonds. The lowest BCUT2D eigenvalue weighted by atomic mass is 10.0. The van der Waals surface area contributed by atoms with Crippen molar-refractivity contribution in [3.8, 4) is 0 Å². The van der Waals surface area contributed by atoms with E-state index in [0.29, 0.717) is 12.3 Å². The first kappa shape index (κ1) is 7.54. The topological polar surface area (TPSA) is 38.3 Å². The standard InChI is InChI=1S/C7H13NO2/c1-5(10-2)6-3-7(9)8-4-6/h5-6H,3-4H2,1-2H3,(H,8,9). The molecule has 1 rings (SSSR count). The molecule has 10 heavy (non-hydrogen) atoms. The quantitative estimate of drug-likeness (QED) is 0.598. The second kappa shape index (κ2) is 3.01. The minimum absolute atomic E-state index is 0.147. The molecule has 0 saturated carbocycles. The highest BCUT2D eigenvalue weighted by Crippen LogP contribution is 2.14. The van der Waals surface area contributed by atoms with Crippen LogP contribution in [0.1, 0.15) is 13.3 Å². The SMILES string of the molecule is COC(C)C1CNC(=O)C1. The summed E-state index contributed by atoms with van der Waals surface area (Å²) in [6, 6.07) is 0. The van der Waals surface area contributed by atoms with Gasteiger partial charge in [-0.1, -0.05) is 0 Å². The van der Waals surface area contributed by atoms with E-state index in [9.17, 15) is 4.79 Å². The number of nitrogens with one attached hydrogen (secondary N) is 1. The van der Waals surface area contributed by atoms with E-state index in [2.05, 4.69) is 5.32 Å². The molecule has 0 aromatic heterocycles. The van der Waals surface area contributed by atoms with E-state index in [-0.39, 0.29) is 12.0 Å². The Bertz CT molecular complexity index is 136. The monoisotopic (exact) mass is 143 g/mol. The molecule has 1 heterocycles. The third-order valence-electron chi connectivity index (χ3n) is 2.04. The molecule has 0 aromatic carbocycles. The first-order chi connectivity index (χ1) is 4.74. The smallest absolute Gasteiger partial charge is 0.220 e. The second-order valence-corrected chi connectivity index (χ2v) is 2.71. The van der Waals surface area contributed by atoms with Gasteiger partial charge in [-0.2, -0.15) is 0 Å². The maximum Gasteiger partial charge on any atom is 0.220 e. The summed E-state index contributed by atoms with van der Waals surface area (Å²) < 4.78 is 5.09. The molecule has 0 spiro atoms. The number of hydrogen-bond donors (Lipinski definition) is 1. The number of carbonyl (C=O) groups excluding carboxylic acids is 1. The molecule has 1 N–H and O–H groups in total. The van der Waals surface area contributed by atoms with Crippen molar-refractivity contribution >= 4 is 5.91 Å². The molecule has 3 nitrogen and oxygen atoms in total. The van der Waals surface area contributed by atoms with E-state index in [1.54, 1.807) is 7.11 Å². The first-order valence-electron chi connectivity index (χ1n) is 3.53. The van der Waals surface area contributed by atoms with Crippen molar-refractivity contribution in [1.82, 2.24) is 5.32 Å². The molecule has 0 radical (unpaired) electrons. The molecule has 2 unspecified atom stereocenters. The number of hydrogen-bond acceptors (Lipinski definition) is 2. The lowest BCUT2D eigenvalue weighted by Gasteiger charge is -2.14. The molecule has 2 atom stereocenters. The molecule has 0 aliphatic carbocycles. The molecule has 0 bridgehead atoms. The highest BCUT2D eigenvalue weighted by Gasteiger charge is 2.26. The van der Waals surface area contributed by atoms with Crippen molar-refractivity contribution in [2.45, 2.75) is 19.4 Å². The van der Waals surface area contributed by atoms with Crippen molar-refractivity contribution in [2.24, 2.45) is 5.92 Å². The average molecular weight is 143 g/mol. The summed E-state index contributed by atoms with van der Waals surface area (Å²) in [7, 11) is 1.67. The fraction of sp³-hybridized carbons (Fsp3) is 0.857. The third-order valence-corrected chi connectivity index (χ3v) is 2.04. The molecule has 1 saturated heterocycles. The fourth-order valence-corrected chi connectivity index (χ4v) is 1.15. The maximum atomic E-state index is 10.7. The zero-order valence-electron chi connectivity index (χ0n) is 6.39. The summed E-state index contributed by atoms with van der Waals surface area (Å²) in [5.74, 6) is 0.520. The van der Waals surface area contributed by atoms with Gasteiger partial charge < -0.3 is 10.1 Å². The highest BCUT2D eigenvalue weighted by molar-refractivity contribution is 5.78. The summed E-state index contributed by atoms with van der Waals surface area (Å²) in [4.78, 5) is 10.7. The van der Waals surface area contributed by atoms with Gasteiger partial charge in [0.2, 0.25) is 5.91 Å². The van der Waals surface area contributed by atoms with Crippen molar-refractivity contribution in [3.63, 3.8) is 0 Å². The number of ether oxygens (including phenoxy) is 1. The summed E-state index contributed by atoms with van der Waals surface area (Å²) in [5.41, 5.74) is 0. The van der Waals surface area contributed by atoms with Crippen molar-refractivity contribution in [2.75, 3.05) is 13.7 Å². The largest absolute Gasteiger partial charge is 0.381 e. The Kier molecular flexibility index (Phi) is 2.27. The van der Waals surface area contributed by atoms with Crippen molar-refractivity contribution in [1.29, 1.82) is 0 Å². The minimum Gasteiger partial charge on any atom is -0.381 e. The van der Waals surface area contributed by atoms with Gasteiger partial charge >= 0.3 is 0 Å². The van der Waals surface area contributed by atoms with Gasteiger partial charge in [0, 0.05) is 26.0 Å². The van der Waals surface area contributed by atoms with Gasteiger partial charge in [0.05, 0.1) is 6.10 Å². The first-order valence-corrected chi connectivity index (χ1v) is 3.53. The molecule has 0 aromatic rings. The Balaban J connectivity index is 2.36. The Labute approximate surface area is 60.7 Å². The van der Waals surface area contributed by atoms with Crippen LogP contribution in [-0.2, 0) is 9.53 Å². The second-order valence-electron chi connectivity index (χ2n) is 2.71. The zero-order chi connectivity index (χ0) is 7.56. The van der Waals surface area contributed by atoms with E-state index < -0.39 is 0 Å². The molecule has 58 valence electrons. The van der Waals surface area contributed by atoms with Gasteiger partial charge in [-0.05, 0) is 6.92 Å². The van der Waals surface area contributed by atoms with Gasteiger partial charge in [0.1, 0.15) is 0 Å². The van der Waals surface area contributed by atoms with Crippen LogP contribution in [0.5, 0.6) is 0 Å². The van der Waals surface area contributed by atoms with Crippen LogP contribution >= 0.6 is 0 Å². The van der Waals surface area contributed by atoms with Crippen molar-refractivity contribution in [3.05, 3.63) is 0 Å². The Morgan fingerprint density at radius 2 is 2.50 bits per heavy atom. The minimum atomic E-state index is 0.147. The third kappa shape index (κ3) is 1.48. The van der Waals surface area contributed by atoms with Gasteiger partial charge in [0.25, 0.3) is 0 Å². The van der Waals surface area contributed by atoms with Crippen molar-refractivity contribution < 1.29 is 9.53 Å². The molecule has 1 aliphatic heterocycles.